The van der Waals surface area contributed by atoms with Crippen LogP contribution in [0.2, 0.25) is 5.02 Å². The van der Waals surface area contributed by atoms with Crippen molar-refractivity contribution in [3.8, 4) is 0 Å². The van der Waals surface area contributed by atoms with E-state index >= 15 is 0 Å². The number of hydrogen-bond acceptors (Lipinski definition) is 3. The first-order chi connectivity index (χ1) is 8.56. The summed E-state index contributed by atoms with van der Waals surface area (Å²) in [6, 6.07) is 5.14. The van der Waals surface area contributed by atoms with Crippen LogP contribution in [-0.2, 0) is 4.79 Å². The Morgan fingerprint density at radius 1 is 1.39 bits per heavy atom. The summed E-state index contributed by atoms with van der Waals surface area (Å²) in [4.78, 5) is 25.3. The van der Waals surface area contributed by atoms with E-state index in [-0.39, 0.29) is 5.92 Å². The molecule has 2 rings (SSSR count). The minimum Gasteiger partial charge on any atom is -0.319 e. The van der Waals surface area contributed by atoms with Crippen LogP contribution in [0.4, 0.5) is 5.69 Å². The first kappa shape index (κ1) is 13.1. The number of nitrogens with zero attached hydrogens (tertiary/aromatic N) is 1. The fourth-order valence-corrected chi connectivity index (χ4v) is 2.46. The fourth-order valence-electron chi connectivity index (χ4n) is 2.21. The number of halogens is 1. The molecule has 5 heteroatoms. The number of hydrogen-bond donors (Lipinski definition) is 1. The third-order valence-corrected chi connectivity index (χ3v) is 3.31. The highest BCUT2D eigenvalue weighted by Gasteiger charge is 2.37. The van der Waals surface area contributed by atoms with Crippen molar-refractivity contribution in [2.45, 2.75) is 6.92 Å². The topological polar surface area (TPSA) is 49.4 Å². The number of rotatable bonds is 4. The molecule has 1 N–H and O–H groups in total. The molecule has 0 aromatic heterocycles. The van der Waals surface area contributed by atoms with Gasteiger partial charge in [-0.1, -0.05) is 24.6 Å². The Balaban J connectivity index is 2.32. The minimum absolute atomic E-state index is 0.261. The van der Waals surface area contributed by atoms with Crippen LogP contribution in [0.5, 0.6) is 0 Å². The van der Waals surface area contributed by atoms with Gasteiger partial charge in [-0.3, -0.25) is 9.59 Å². The standard InChI is InChI=1S/C13H15ClN2O2/c1-8(6-15-2)7-16-10-5-3-4-9(14)11(10)12(17)13(16)18/h3-5,8,15H,6-7H2,1-2H3. The highest BCUT2D eigenvalue weighted by Crippen LogP contribution is 2.34. The lowest BCUT2D eigenvalue weighted by Crippen LogP contribution is -2.36. The average Bonchev–Trinajstić information content (AvgIpc) is 2.56. The molecule has 1 unspecified atom stereocenters. The van der Waals surface area contributed by atoms with E-state index in [0.717, 1.165) is 6.54 Å². The molecule has 1 aliphatic heterocycles. The molecule has 0 saturated heterocycles. The molecule has 1 amide bonds. The predicted octanol–water partition coefficient (Wildman–Crippen LogP) is 1.72. The van der Waals surface area contributed by atoms with Gasteiger partial charge in [0.05, 0.1) is 16.3 Å². The van der Waals surface area contributed by atoms with Crippen molar-refractivity contribution in [1.29, 1.82) is 0 Å². The molecule has 1 heterocycles. The van der Waals surface area contributed by atoms with Crippen LogP contribution < -0.4 is 10.2 Å². The third kappa shape index (κ3) is 2.13. The SMILES string of the molecule is CNCC(C)CN1C(=O)C(=O)c2c(Cl)cccc21. The van der Waals surface area contributed by atoms with E-state index in [1.807, 2.05) is 14.0 Å². The van der Waals surface area contributed by atoms with Gasteiger partial charge in [-0.2, -0.15) is 0 Å². The molecular weight excluding hydrogens is 252 g/mol. The Morgan fingerprint density at radius 2 is 2.11 bits per heavy atom. The van der Waals surface area contributed by atoms with Crippen molar-refractivity contribution in [3.05, 3.63) is 28.8 Å². The maximum absolute atomic E-state index is 12.0. The number of amides is 1. The van der Waals surface area contributed by atoms with E-state index in [4.69, 9.17) is 11.6 Å². The average molecular weight is 267 g/mol. The Bertz CT molecular complexity index is 502. The lowest BCUT2D eigenvalue weighted by Gasteiger charge is -2.21. The van der Waals surface area contributed by atoms with E-state index in [2.05, 4.69) is 5.32 Å². The largest absolute Gasteiger partial charge is 0.319 e. The molecule has 1 aromatic carbocycles. The van der Waals surface area contributed by atoms with Crippen molar-refractivity contribution < 1.29 is 9.59 Å². The summed E-state index contributed by atoms with van der Waals surface area (Å²) < 4.78 is 0. The van der Waals surface area contributed by atoms with Gasteiger partial charge in [-0.25, -0.2) is 0 Å². The molecule has 0 bridgehead atoms. The molecule has 4 nitrogen and oxygen atoms in total. The Morgan fingerprint density at radius 3 is 2.78 bits per heavy atom. The Kier molecular flexibility index (Phi) is 3.68. The molecule has 0 saturated carbocycles. The summed E-state index contributed by atoms with van der Waals surface area (Å²) in [5.74, 6) is -0.731. The molecule has 96 valence electrons. The van der Waals surface area contributed by atoms with Crippen LogP contribution in [-0.4, -0.2) is 31.8 Å². The molecule has 0 spiro atoms. The van der Waals surface area contributed by atoms with E-state index < -0.39 is 11.7 Å². The van der Waals surface area contributed by atoms with Gasteiger partial charge in [0.15, 0.2) is 0 Å². The molecule has 0 radical (unpaired) electrons. The minimum atomic E-state index is -0.507. The summed E-state index contributed by atoms with van der Waals surface area (Å²) in [5.41, 5.74) is 0.960. The lowest BCUT2D eigenvalue weighted by molar-refractivity contribution is -0.114. The van der Waals surface area contributed by atoms with E-state index in [1.165, 1.54) is 4.90 Å². The fraction of sp³-hybridized carbons (Fsp3) is 0.385. The van der Waals surface area contributed by atoms with Crippen molar-refractivity contribution in [2.75, 3.05) is 25.0 Å². The number of anilines is 1. The number of ketones is 1. The maximum Gasteiger partial charge on any atom is 0.299 e. The van der Waals surface area contributed by atoms with Crippen LogP contribution >= 0.6 is 11.6 Å². The summed E-state index contributed by atoms with van der Waals surface area (Å²) in [6.07, 6.45) is 0. The highest BCUT2D eigenvalue weighted by atomic mass is 35.5. The monoisotopic (exact) mass is 266 g/mol. The van der Waals surface area contributed by atoms with Crippen LogP contribution in [0.1, 0.15) is 17.3 Å². The molecule has 0 aliphatic carbocycles. The van der Waals surface area contributed by atoms with Crippen LogP contribution in [0.25, 0.3) is 0 Å². The Labute approximate surface area is 111 Å². The summed E-state index contributed by atoms with van der Waals surface area (Å²) >= 11 is 5.98. The van der Waals surface area contributed by atoms with Gasteiger partial charge in [0, 0.05) is 6.54 Å². The Hall–Kier alpha value is -1.39. The van der Waals surface area contributed by atoms with E-state index in [0.29, 0.717) is 22.8 Å². The molecule has 1 aromatic rings. The van der Waals surface area contributed by atoms with Gasteiger partial charge in [-0.05, 0) is 31.6 Å². The summed E-state index contributed by atoms with van der Waals surface area (Å²) in [6.45, 7) is 3.32. The van der Waals surface area contributed by atoms with E-state index in [1.54, 1.807) is 18.2 Å². The molecule has 1 atom stereocenters. The van der Waals surface area contributed by atoms with Gasteiger partial charge < -0.3 is 10.2 Å². The lowest BCUT2D eigenvalue weighted by atomic mass is 10.1. The number of fused-ring (bicyclic) bond motifs is 1. The van der Waals surface area contributed by atoms with Crippen molar-refractivity contribution >= 4 is 29.0 Å². The summed E-state index contributed by atoms with van der Waals surface area (Å²) in [7, 11) is 1.86. The molecule has 18 heavy (non-hydrogen) atoms. The normalized spacial score (nSPS) is 16.1. The first-order valence-corrected chi connectivity index (χ1v) is 6.23. The van der Waals surface area contributed by atoms with Crippen molar-refractivity contribution in [3.63, 3.8) is 0 Å². The van der Waals surface area contributed by atoms with Gasteiger partial charge in [0.25, 0.3) is 11.7 Å². The zero-order valence-electron chi connectivity index (χ0n) is 10.4. The molecule has 0 fully saturated rings. The summed E-state index contributed by atoms with van der Waals surface area (Å²) in [5, 5.41) is 3.40. The smallest absolute Gasteiger partial charge is 0.299 e. The number of carbonyl (C=O) groups excluding carboxylic acids is 2. The first-order valence-electron chi connectivity index (χ1n) is 5.85. The van der Waals surface area contributed by atoms with Crippen molar-refractivity contribution in [2.24, 2.45) is 5.92 Å². The second kappa shape index (κ2) is 5.08. The highest BCUT2D eigenvalue weighted by molar-refractivity contribution is 6.55. The third-order valence-electron chi connectivity index (χ3n) is 3.00. The van der Waals surface area contributed by atoms with Crippen molar-refractivity contribution in [1.82, 2.24) is 5.32 Å². The van der Waals surface area contributed by atoms with Gasteiger partial charge in [0.2, 0.25) is 0 Å². The van der Waals surface area contributed by atoms with Gasteiger partial charge >= 0.3 is 0 Å². The second-order valence-electron chi connectivity index (χ2n) is 4.54. The zero-order valence-corrected chi connectivity index (χ0v) is 11.1. The van der Waals surface area contributed by atoms with Gasteiger partial charge in [0.1, 0.15) is 0 Å². The predicted molar refractivity (Wildman–Crippen MR) is 71.2 cm³/mol. The quantitative estimate of drug-likeness (QED) is 0.845. The van der Waals surface area contributed by atoms with Crippen LogP contribution in [0.15, 0.2) is 18.2 Å². The molecule has 1 aliphatic rings. The van der Waals surface area contributed by atoms with Gasteiger partial charge in [-0.15, -0.1) is 0 Å². The number of carbonyl (C=O) groups is 2. The number of nitrogens with one attached hydrogen (secondary N) is 1. The number of Topliss-reactive ketones (excluding diaryl/α,β-unsaturated/α-hetero) is 1. The van der Waals surface area contributed by atoms with Crippen LogP contribution in [0, 0.1) is 5.92 Å². The molecular formula is C13H15ClN2O2. The van der Waals surface area contributed by atoms with E-state index in [9.17, 15) is 9.59 Å². The maximum atomic E-state index is 12.0. The zero-order chi connectivity index (χ0) is 13.3. The van der Waals surface area contributed by atoms with Crippen LogP contribution in [0.3, 0.4) is 0 Å². The second-order valence-corrected chi connectivity index (χ2v) is 4.95. The number of benzene rings is 1.